The summed E-state index contributed by atoms with van der Waals surface area (Å²) in [6.07, 6.45) is 0.845. The van der Waals surface area contributed by atoms with Gasteiger partial charge in [0.2, 0.25) is 0 Å². The Labute approximate surface area is 111 Å². The van der Waals surface area contributed by atoms with Gasteiger partial charge in [0.15, 0.2) is 5.78 Å². The van der Waals surface area contributed by atoms with Crippen LogP contribution in [0.15, 0.2) is 48.5 Å². The van der Waals surface area contributed by atoms with Crippen LogP contribution < -0.4 is 0 Å². The Bertz CT molecular complexity index is 550. The monoisotopic (exact) mass is 260 g/mol. The van der Waals surface area contributed by atoms with Crippen molar-refractivity contribution in [3.8, 4) is 5.75 Å². The van der Waals surface area contributed by atoms with Crippen molar-refractivity contribution in [3.05, 3.63) is 64.7 Å². The summed E-state index contributed by atoms with van der Waals surface area (Å²) in [4.78, 5) is 11.9. The van der Waals surface area contributed by atoms with Crippen molar-refractivity contribution >= 4 is 17.4 Å². The fourth-order valence-corrected chi connectivity index (χ4v) is 1.97. The third-order valence-corrected chi connectivity index (χ3v) is 2.99. The lowest BCUT2D eigenvalue weighted by Gasteiger charge is -2.05. The molecule has 18 heavy (non-hydrogen) atoms. The minimum Gasteiger partial charge on any atom is -0.508 e. The predicted octanol–water partition coefficient (Wildman–Crippen LogP) is 3.86. The van der Waals surface area contributed by atoms with Crippen molar-refractivity contribution in [2.75, 3.05) is 0 Å². The number of ketones is 1. The van der Waals surface area contributed by atoms with Gasteiger partial charge in [0.05, 0.1) is 0 Å². The van der Waals surface area contributed by atoms with E-state index in [1.54, 1.807) is 30.3 Å². The summed E-state index contributed by atoms with van der Waals surface area (Å²) in [6, 6.07) is 14.0. The van der Waals surface area contributed by atoms with Gasteiger partial charge < -0.3 is 5.11 Å². The molecule has 0 aliphatic carbocycles. The maximum Gasteiger partial charge on any atom is 0.163 e. The first-order chi connectivity index (χ1) is 8.66. The molecule has 0 fully saturated rings. The molecule has 0 saturated carbocycles. The van der Waals surface area contributed by atoms with Gasteiger partial charge in [0, 0.05) is 17.0 Å². The highest BCUT2D eigenvalue weighted by molar-refractivity contribution is 6.30. The molecular formula is C15H13ClO2. The molecule has 2 aromatic rings. The number of phenolic OH excluding ortho intramolecular Hbond substituents is 1. The van der Waals surface area contributed by atoms with E-state index < -0.39 is 0 Å². The quantitative estimate of drug-likeness (QED) is 0.848. The van der Waals surface area contributed by atoms with Crippen molar-refractivity contribution in [1.29, 1.82) is 0 Å². The molecule has 0 unspecified atom stereocenters. The first kappa shape index (κ1) is 12.7. The standard InChI is InChI=1S/C15H13ClO2/c16-13-7-9-15(18)12(10-13)6-8-14(17)11-4-2-1-3-5-11/h1-5,7,9-10,18H,6,8H2. The van der Waals surface area contributed by atoms with E-state index in [0.717, 1.165) is 0 Å². The van der Waals surface area contributed by atoms with Crippen LogP contribution in [0, 0.1) is 0 Å². The number of benzene rings is 2. The topological polar surface area (TPSA) is 37.3 Å². The first-order valence-electron chi connectivity index (χ1n) is 5.72. The van der Waals surface area contributed by atoms with Gasteiger partial charge in [-0.05, 0) is 30.2 Å². The van der Waals surface area contributed by atoms with Crippen LogP contribution in [-0.4, -0.2) is 10.9 Å². The smallest absolute Gasteiger partial charge is 0.163 e. The zero-order valence-corrected chi connectivity index (χ0v) is 10.5. The maximum absolute atomic E-state index is 11.9. The minimum atomic E-state index is 0.0648. The molecule has 92 valence electrons. The molecule has 2 nitrogen and oxygen atoms in total. The molecule has 0 amide bonds. The molecule has 0 atom stereocenters. The van der Waals surface area contributed by atoms with Gasteiger partial charge in [-0.1, -0.05) is 41.9 Å². The second kappa shape index (κ2) is 5.69. The van der Waals surface area contributed by atoms with Crippen LogP contribution >= 0.6 is 11.6 Å². The van der Waals surface area contributed by atoms with E-state index in [1.807, 2.05) is 18.2 Å². The molecule has 3 heteroatoms. The van der Waals surface area contributed by atoms with Gasteiger partial charge in [-0.3, -0.25) is 4.79 Å². The number of carbonyl (C=O) groups is 1. The molecule has 0 radical (unpaired) electrons. The molecular weight excluding hydrogens is 248 g/mol. The SMILES string of the molecule is O=C(CCc1cc(Cl)ccc1O)c1ccccc1. The van der Waals surface area contributed by atoms with Crippen molar-refractivity contribution in [2.24, 2.45) is 0 Å². The highest BCUT2D eigenvalue weighted by Gasteiger charge is 2.08. The normalized spacial score (nSPS) is 10.3. The van der Waals surface area contributed by atoms with Crippen LogP contribution in [0.5, 0.6) is 5.75 Å². The van der Waals surface area contributed by atoms with E-state index in [9.17, 15) is 9.90 Å². The zero-order chi connectivity index (χ0) is 13.0. The fourth-order valence-electron chi connectivity index (χ4n) is 1.77. The van der Waals surface area contributed by atoms with E-state index in [1.165, 1.54) is 0 Å². The molecule has 0 aliphatic heterocycles. The molecule has 0 heterocycles. The highest BCUT2D eigenvalue weighted by Crippen LogP contribution is 2.23. The Hall–Kier alpha value is -1.80. The molecule has 2 aromatic carbocycles. The van der Waals surface area contributed by atoms with Gasteiger partial charge in [-0.2, -0.15) is 0 Å². The third-order valence-electron chi connectivity index (χ3n) is 2.76. The lowest BCUT2D eigenvalue weighted by atomic mass is 10.0. The van der Waals surface area contributed by atoms with Gasteiger partial charge in [0.25, 0.3) is 0 Å². The summed E-state index contributed by atoms with van der Waals surface area (Å²) in [6.45, 7) is 0. The maximum atomic E-state index is 11.9. The Morgan fingerprint density at radius 2 is 1.83 bits per heavy atom. The lowest BCUT2D eigenvalue weighted by molar-refractivity contribution is 0.0983. The summed E-state index contributed by atoms with van der Waals surface area (Å²) in [5.41, 5.74) is 1.39. The zero-order valence-electron chi connectivity index (χ0n) is 9.77. The van der Waals surface area contributed by atoms with Crippen molar-refractivity contribution in [1.82, 2.24) is 0 Å². The summed E-state index contributed by atoms with van der Waals surface area (Å²) in [7, 11) is 0. The largest absolute Gasteiger partial charge is 0.508 e. The second-order valence-electron chi connectivity index (χ2n) is 4.06. The number of hydrogen-bond donors (Lipinski definition) is 1. The lowest BCUT2D eigenvalue weighted by Crippen LogP contribution is -2.01. The fraction of sp³-hybridized carbons (Fsp3) is 0.133. The van der Waals surface area contributed by atoms with Gasteiger partial charge >= 0.3 is 0 Å². The number of carbonyl (C=O) groups excluding carboxylic acids is 1. The molecule has 1 N–H and O–H groups in total. The predicted molar refractivity (Wildman–Crippen MR) is 72.2 cm³/mol. The molecule has 0 aliphatic rings. The van der Waals surface area contributed by atoms with Gasteiger partial charge in [-0.25, -0.2) is 0 Å². The van der Waals surface area contributed by atoms with Crippen molar-refractivity contribution in [2.45, 2.75) is 12.8 Å². The van der Waals surface area contributed by atoms with Crippen LogP contribution in [0.25, 0.3) is 0 Å². The average molecular weight is 261 g/mol. The first-order valence-corrected chi connectivity index (χ1v) is 6.10. The minimum absolute atomic E-state index is 0.0648. The molecule has 0 aromatic heterocycles. The number of hydrogen-bond acceptors (Lipinski definition) is 2. The Kier molecular flexibility index (Phi) is 4.00. The van der Waals surface area contributed by atoms with Crippen LogP contribution in [0.3, 0.4) is 0 Å². The molecule has 2 rings (SSSR count). The highest BCUT2D eigenvalue weighted by atomic mass is 35.5. The van der Waals surface area contributed by atoms with E-state index in [-0.39, 0.29) is 11.5 Å². The van der Waals surface area contributed by atoms with E-state index in [2.05, 4.69) is 0 Å². The molecule has 0 saturated heterocycles. The third kappa shape index (κ3) is 3.11. The van der Waals surface area contributed by atoms with Gasteiger partial charge in [-0.15, -0.1) is 0 Å². The summed E-state index contributed by atoms with van der Waals surface area (Å²) in [5.74, 6) is 0.246. The van der Waals surface area contributed by atoms with E-state index in [4.69, 9.17) is 11.6 Å². The van der Waals surface area contributed by atoms with Crippen LogP contribution in [0.4, 0.5) is 0 Å². The van der Waals surface area contributed by atoms with Crippen LogP contribution in [0.1, 0.15) is 22.3 Å². The molecule has 0 spiro atoms. The summed E-state index contributed by atoms with van der Waals surface area (Å²) >= 11 is 5.85. The Morgan fingerprint density at radius 1 is 1.11 bits per heavy atom. The van der Waals surface area contributed by atoms with Gasteiger partial charge in [0.1, 0.15) is 5.75 Å². The van der Waals surface area contributed by atoms with E-state index >= 15 is 0 Å². The average Bonchev–Trinajstić information content (AvgIpc) is 2.40. The van der Waals surface area contributed by atoms with Crippen molar-refractivity contribution in [3.63, 3.8) is 0 Å². The number of aryl methyl sites for hydroxylation is 1. The number of phenols is 1. The van der Waals surface area contributed by atoms with Crippen LogP contribution in [0.2, 0.25) is 5.02 Å². The summed E-state index contributed by atoms with van der Waals surface area (Å²) in [5, 5.41) is 10.2. The number of rotatable bonds is 4. The Morgan fingerprint density at radius 3 is 2.56 bits per heavy atom. The van der Waals surface area contributed by atoms with E-state index in [0.29, 0.717) is 29.0 Å². The summed E-state index contributed by atoms with van der Waals surface area (Å²) < 4.78 is 0. The molecule has 0 bridgehead atoms. The second-order valence-corrected chi connectivity index (χ2v) is 4.50. The Balaban J connectivity index is 2.04. The number of Topliss-reactive ketones (excluding diaryl/α,β-unsaturated/α-hetero) is 1. The number of aromatic hydroxyl groups is 1. The van der Waals surface area contributed by atoms with Crippen molar-refractivity contribution < 1.29 is 9.90 Å². The number of halogens is 1. The van der Waals surface area contributed by atoms with Crippen LogP contribution in [-0.2, 0) is 6.42 Å².